The summed E-state index contributed by atoms with van der Waals surface area (Å²) in [5, 5.41) is 10.6. The summed E-state index contributed by atoms with van der Waals surface area (Å²) in [5.74, 6) is 0.465. The van der Waals surface area contributed by atoms with Crippen molar-refractivity contribution in [3.05, 3.63) is 97.0 Å². The monoisotopic (exact) mass is 581 g/mol. The number of fused-ring (bicyclic) bond motifs is 1. The minimum Gasteiger partial charge on any atom is -0.494 e. The number of nitrogens with one attached hydrogen (secondary N) is 1. The van der Waals surface area contributed by atoms with Crippen LogP contribution in [0.25, 0.3) is 21.9 Å². The number of carbonyl (C=O) groups is 1. The Labute approximate surface area is 238 Å². The number of aryl methyl sites for hydroxylation is 2. The maximum Gasteiger partial charge on any atom is 0.268 e. The van der Waals surface area contributed by atoms with Gasteiger partial charge in [0.25, 0.3) is 5.56 Å². The van der Waals surface area contributed by atoms with Crippen LogP contribution in [0.5, 0.6) is 5.75 Å². The van der Waals surface area contributed by atoms with Crippen LogP contribution in [0, 0.1) is 13.8 Å². The number of para-hydroxylation sites is 2. The molecule has 3 aromatic heterocycles. The van der Waals surface area contributed by atoms with E-state index in [9.17, 15) is 9.59 Å². The third-order valence-electron chi connectivity index (χ3n) is 6.35. The summed E-state index contributed by atoms with van der Waals surface area (Å²) < 4.78 is 8.74. The van der Waals surface area contributed by atoms with Crippen LogP contribution in [0.15, 0.2) is 58.7 Å². The predicted octanol–water partition coefficient (Wildman–Crippen LogP) is 5.44. The van der Waals surface area contributed by atoms with Crippen LogP contribution in [0.2, 0.25) is 10.0 Å². The summed E-state index contributed by atoms with van der Waals surface area (Å²) in [4.78, 5) is 31.7. The van der Waals surface area contributed by atoms with Crippen LogP contribution in [-0.2, 0) is 17.6 Å². The first-order valence-corrected chi connectivity index (χ1v) is 13.8. The zero-order chi connectivity index (χ0) is 27.7. The van der Waals surface area contributed by atoms with Crippen LogP contribution in [0.3, 0.4) is 0 Å². The maximum absolute atomic E-state index is 13.8. The third kappa shape index (κ3) is 5.43. The van der Waals surface area contributed by atoms with Gasteiger partial charge < -0.3 is 10.1 Å². The van der Waals surface area contributed by atoms with Crippen molar-refractivity contribution >= 4 is 45.4 Å². The number of ether oxygens (including phenoxy) is 1. The summed E-state index contributed by atoms with van der Waals surface area (Å²) in [5.41, 5.74) is 4.27. The lowest BCUT2D eigenvalue weighted by Gasteiger charge is -2.09. The lowest BCUT2D eigenvalue weighted by atomic mass is 10.1. The van der Waals surface area contributed by atoms with Crippen LogP contribution in [0.4, 0.5) is 0 Å². The quantitative estimate of drug-likeness (QED) is 0.263. The van der Waals surface area contributed by atoms with Crippen molar-refractivity contribution in [1.29, 1.82) is 0 Å². The van der Waals surface area contributed by atoms with Gasteiger partial charge in [-0.3, -0.25) is 14.0 Å². The molecule has 0 unspecified atom stereocenters. The summed E-state index contributed by atoms with van der Waals surface area (Å²) >= 11 is 13.5. The Bertz CT molecular complexity index is 1760. The van der Waals surface area contributed by atoms with E-state index in [2.05, 4.69) is 10.3 Å². The standard InChI is InChI=1S/C28H25Cl2N5O3S/c1-16-12-22(33-35(16)23-6-4-5-7-24(23)38-3)26-17(2)32-28-34(27(26)37)20(15-39-28)14-25(36)31-11-10-18-8-9-19(29)13-21(18)30/h4-9,12-13,15H,10-11,14H2,1-3H3,(H,31,36). The molecule has 0 aliphatic heterocycles. The number of halogens is 2. The Balaban J connectivity index is 1.41. The largest absolute Gasteiger partial charge is 0.494 e. The number of methoxy groups -OCH3 is 1. The van der Waals surface area contributed by atoms with Crippen molar-refractivity contribution in [3.63, 3.8) is 0 Å². The van der Waals surface area contributed by atoms with E-state index in [1.54, 1.807) is 36.2 Å². The Morgan fingerprint density at radius 1 is 1.13 bits per heavy atom. The summed E-state index contributed by atoms with van der Waals surface area (Å²) in [7, 11) is 1.61. The molecule has 3 heterocycles. The van der Waals surface area contributed by atoms with Crippen molar-refractivity contribution in [1.82, 2.24) is 24.5 Å². The molecule has 8 nitrogen and oxygen atoms in total. The van der Waals surface area contributed by atoms with Gasteiger partial charge in [-0.2, -0.15) is 5.10 Å². The molecule has 1 amide bonds. The minimum atomic E-state index is -0.265. The van der Waals surface area contributed by atoms with Crippen molar-refractivity contribution in [2.45, 2.75) is 26.7 Å². The number of carbonyl (C=O) groups excluding carboxylic acids is 1. The van der Waals surface area contributed by atoms with Gasteiger partial charge in [-0.1, -0.05) is 41.4 Å². The lowest BCUT2D eigenvalue weighted by Crippen LogP contribution is -2.29. The molecule has 0 aliphatic rings. The fourth-order valence-electron chi connectivity index (χ4n) is 4.46. The van der Waals surface area contributed by atoms with E-state index in [0.29, 0.717) is 56.4 Å². The van der Waals surface area contributed by atoms with Crippen LogP contribution in [-0.4, -0.2) is 38.7 Å². The average Bonchev–Trinajstić information content (AvgIpc) is 3.48. The fraction of sp³-hybridized carbons (Fsp3) is 0.214. The highest BCUT2D eigenvalue weighted by Crippen LogP contribution is 2.27. The number of benzene rings is 2. The number of nitrogens with zero attached hydrogens (tertiary/aromatic N) is 4. The Kier molecular flexibility index (Phi) is 7.74. The molecule has 0 saturated heterocycles. The van der Waals surface area contributed by atoms with Gasteiger partial charge in [-0.05, 0) is 56.2 Å². The number of rotatable bonds is 8. The molecule has 2 aromatic carbocycles. The smallest absolute Gasteiger partial charge is 0.268 e. The van der Waals surface area contributed by atoms with Gasteiger partial charge in [0.1, 0.15) is 17.1 Å². The topological polar surface area (TPSA) is 90.5 Å². The molecular formula is C28H25Cl2N5O3S. The number of amides is 1. The summed E-state index contributed by atoms with van der Waals surface area (Å²) in [6.07, 6.45) is 0.596. The Hall–Kier alpha value is -3.66. The molecule has 5 rings (SSSR count). The summed E-state index contributed by atoms with van der Waals surface area (Å²) in [6.45, 7) is 4.11. The molecule has 5 aromatic rings. The van der Waals surface area contributed by atoms with Gasteiger partial charge in [-0.25, -0.2) is 9.67 Å². The molecule has 0 aliphatic carbocycles. The number of hydrogen-bond donors (Lipinski definition) is 1. The molecule has 0 spiro atoms. The maximum atomic E-state index is 13.8. The predicted molar refractivity (Wildman–Crippen MR) is 155 cm³/mol. The van der Waals surface area contributed by atoms with Gasteiger partial charge >= 0.3 is 0 Å². The van der Waals surface area contributed by atoms with Crippen LogP contribution < -0.4 is 15.6 Å². The first-order chi connectivity index (χ1) is 18.8. The van der Waals surface area contributed by atoms with E-state index in [1.165, 1.54) is 15.7 Å². The molecule has 0 fully saturated rings. The second kappa shape index (κ2) is 11.2. The molecular weight excluding hydrogens is 557 g/mol. The lowest BCUT2D eigenvalue weighted by molar-refractivity contribution is -0.120. The molecule has 11 heteroatoms. The van der Waals surface area contributed by atoms with Gasteiger partial charge in [0.05, 0.1) is 24.8 Å². The van der Waals surface area contributed by atoms with E-state index in [1.807, 2.05) is 43.3 Å². The highest BCUT2D eigenvalue weighted by molar-refractivity contribution is 7.15. The molecule has 39 heavy (non-hydrogen) atoms. The van der Waals surface area contributed by atoms with E-state index in [-0.39, 0.29) is 17.9 Å². The minimum absolute atomic E-state index is 0.0348. The van der Waals surface area contributed by atoms with Crippen molar-refractivity contribution in [2.75, 3.05) is 13.7 Å². The van der Waals surface area contributed by atoms with Crippen molar-refractivity contribution < 1.29 is 9.53 Å². The molecule has 200 valence electrons. The van der Waals surface area contributed by atoms with Crippen molar-refractivity contribution in [3.8, 4) is 22.7 Å². The molecule has 0 atom stereocenters. The van der Waals surface area contributed by atoms with Crippen LogP contribution >= 0.6 is 34.5 Å². The number of thiazole rings is 1. The molecule has 0 saturated carbocycles. The van der Waals surface area contributed by atoms with Gasteiger partial charge in [0.15, 0.2) is 4.96 Å². The second-order valence-corrected chi connectivity index (χ2v) is 10.7. The van der Waals surface area contributed by atoms with Gasteiger partial charge in [-0.15, -0.1) is 11.3 Å². The van der Waals surface area contributed by atoms with E-state index in [4.69, 9.17) is 33.0 Å². The first-order valence-electron chi connectivity index (χ1n) is 12.2. The second-order valence-electron chi connectivity index (χ2n) is 8.99. The number of hydrogen-bond acceptors (Lipinski definition) is 6. The zero-order valence-corrected chi connectivity index (χ0v) is 23.8. The average molecular weight is 583 g/mol. The first kappa shape index (κ1) is 26.9. The molecule has 0 radical (unpaired) electrons. The highest BCUT2D eigenvalue weighted by Gasteiger charge is 2.21. The number of aromatic nitrogens is 4. The molecule has 0 bridgehead atoms. The normalized spacial score (nSPS) is 11.2. The van der Waals surface area contributed by atoms with Gasteiger partial charge in [0, 0.05) is 33.4 Å². The fourth-order valence-corrected chi connectivity index (χ4v) is 5.89. The van der Waals surface area contributed by atoms with Crippen molar-refractivity contribution in [2.24, 2.45) is 0 Å². The van der Waals surface area contributed by atoms with E-state index in [0.717, 1.165) is 16.9 Å². The van der Waals surface area contributed by atoms with Gasteiger partial charge in [0.2, 0.25) is 5.91 Å². The third-order valence-corrected chi connectivity index (χ3v) is 7.81. The zero-order valence-electron chi connectivity index (χ0n) is 21.5. The SMILES string of the molecule is COc1ccccc1-n1nc(-c2c(C)nc3scc(CC(=O)NCCc4ccc(Cl)cc4Cl)n3c2=O)cc1C. The molecule has 1 N–H and O–H groups in total. The highest BCUT2D eigenvalue weighted by atomic mass is 35.5. The van der Waals surface area contributed by atoms with Crippen LogP contribution in [0.1, 0.15) is 22.6 Å². The summed E-state index contributed by atoms with van der Waals surface area (Å²) in [6, 6.07) is 14.7. The Morgan fingerprint density at radius 2 is 1.92 bits per heavy atom. The van der Waals surface area contributed by atoms with E-state index >= 15 is 0 Å². The van der Waals surface area contributed by atoms with E-state index < -0.39 is 0 Å². The Morgan fingerprint density at radius 3 is 2.69 bits per heavy atom.